The molecule has 28 heavy (non-hydrogen) atoms. The smallest absolute Gasteiger partial charge is 0.166 e. The van der Waals surface area contributed by atoms with Crippen LogP contribution in [0.4, 0.5) is 4.39 Å². The van der Waals surface area contributed by atoms with Crippen molar-refractivity contribution >= 4 is 5.78 Å². The Balaban J connectivity index is 1.43. The molecule has 4 aliphatic rings. The molecule has 0 unspecified atom stereocenters. The number of halogens is 1. The van der Waals surface area contributed by atoms with Crippen molar-refractivity contribution in [1.82, 2.24) is 0 Å². The zero-order chi connectivity index (χ0) is 19.7. The number of ketones is 1. The maximum Gasteiger partial charge on any atom is 0.166 e. The molecule has 150 valence electrons. The highest BCUT2D eigenvalue weighted by atomic mass is 19.1. The third-order valence-corrected chi connectivity index (χ3v) is 9.65. The Labute approximate surface area is 168 Å². The molecule has 0 heterocycles. The molecule has 0 bridgehead atoms. The van der Waals surface area contributed by atoms with Gasteiger partial charge in [0.25, 0.3) is 0 Å². The average Bonchev–Trinajstić information content (AvgIpc) is 3.18. The van der Waals surface area contributed by atoms with Gasteiger partial charge in [-0.25, -0.2) is 4.39 Å². The van der Waals surface area contributed by atoms with Gasteiger partial charge in [-0.2, -0.15) is 0 Å². The first kappa shape index (κ1) is 18.6. The van der Waals surface area contributed by atoms with Crippen molar-refractivity contribution in [2.24, 2.45) is 34.5 Å². The maximum atomic E-state index is 13.3. The van der Waals surface area contributed by atoms with Crippen LogP contribution >= 0.6 is 0 Å². The molecule has 0 amide bonds. The van der Waals surface area contributed by atoms with Crippen LogP contribution in [0, 0.1) is 40.3 Å². The second-order valence-electron chi connectivity index (χ2n) is 10.6. The predicted octanol–water partition coefficient (Wildman–Crippen LogP) is 6.98. The highest BCUT2D eigenvalue weighted by Crippen LogP contribution is 2.68. The van der Waals surface area contributed by atoms with Crippen LogP contribution < -0.4 is 0 Å². The molecule has 2 heteroatoms. The van der Waals surface area contributed by atoms with E-state index in [-0.39, 0.29) is 22.9 Å². The van der Waals surface area contributed by atoms with Gasteiger partial charge in [-0.3, -0.25) is 4.79 Å². The van der Waals surface area contributed by atoms with Gasteiger partial charge in [0.2, 0.25) is 0 Å². The largest absolute Gasteiger partial charge is 0.294 e. The lowest BCUT2D eigenvalue weighted by Gasteiger charge is -2.56. The summed E-state index contributed by atoms with van der Waals surface area (Å²) in [5.41, 5.74) is 4.70. The Bertz CT molecular complexity index is 836. The quantitative estimate of drug-likeness (QED) is 0.400. The molecule has 0 N–H and O–H groups in total. The molecule has 1 nitrogen and oxygen atoms in total. The topological polar surface area (TPSA) is 17.1 Å². The van der Waals surface area contributed by atoms with Crippen LogP contribution in [-0.2, 0) is 0 Å². The van der Waals surface area contributed by atoms with Gasteiger partial charge in [-0.15, -0.1) is 0 Å². The van der Waals surface area contributed by atoms with Gasteiger partial charge in [-0.1, -0.05) is 25.0 Å². The van der Waals surface area contributed by atoms with E-state index >= 15 is 0 Å². The third kappa shape index (κ3) is 2.45. The summed E-state index contributed by atoms with van der Waals surface area (Å²) >= 11 is 0. The SMILES string of the molecule is CC1=C2CC[C@H]3[C@@H]4CC[C@@H](C(=O)c5ccc(F)cc5)[C@@]4(C)CC[C@@H]3[C@@]2(C)CC1. The molecule has 0 saturated heterocycles. The van der Waals surface area contributed by atoms with Gasteiger partial charge in [0.1, 0.15) is 5.82 Å². The third-order valence-electron chi connectivity index (χ3n) is 9.65. The Morgan fingerprint density at radius 3 is 2.46 bits per heavy atom. The van der Waals surface area contributed by atoms with E-state index in [1.807, 2.05) is 0 Å². The van der Waals surface area contributed by atoms with Gasteiger partial charge in [-0.05, 0) is 111 Å². The maximum absolute atomic E-state index is 13.3. The van der Waals surface area contributed by atoms with Crippen molar-refractivity contribution in [3.63, 3.8) is 0 Å². The molecule has 3 fully saturated rings. The molecule has 1 aromatic rings. The van der Waals surface area contributed by atoms with E-state index in [1.54, 1.807) is 23.3 Å². The number of hydrogen-bond donors (Lipinski definition) is 0. The second kappa shape index (κ2) is 6.28. The molecule has 4 aliphatic carbocycles. The molecular weight excluding hydrogens is 347 g/mol. The second-order valence-corrected chi connectivity index (χ2v) is 10.6. The Morgan fingerprint density at radius 1 is 0.964 bits per heavy atom. The number of rotatable bonds is 2. The van der Waals surface area contributed by atoms with Crippen molar-refractivity contribution in [3.05, 3.63) is 46.8 Å². The zero-order valence-corrected chi connectivity index (χ0v) is 17.6. The molecule has 0 aromatic heterocycles. The van der Waals surface area contributed by atoms with Crippen molar-refractivity contribution < 1.29 is 9.18 Å². The minimum atomic E-state index is -0.265. The van der Waals surface area contributed by atoms with Crippen LogP contribution in [0.1, 0.15) is 82.5 Å². The Kier molecular flexibility index (Phi) is 4.17. The molecule has 0 radical (unpaired) electrons. The molecule has 6 atom stereocenters. The highest BCUT2D eigenvalue weighted by Gasteiger charge is 2.60. The number of allylic oxidation sites excluding steroid dienone is 2. The lowest BCUT2D eigenvalue weighted by atomic mass is 9.48. The van der Waals surface area contributed by atoms with E-state index in [4.69, 9.17) is 0 Å². The standard InChI is InChI=1S/C26H33FO/c1-16-12-14-25(2)20(16)9-8-19-21-10-11-23(26(21,3)15-13-22(19)25)24(28)17-4-6-18(27)7-5-17/h4-7,19,21-23H,8-15H2,1-3H3/t19-,21-,22-,23-,25-,26-/m0/s1. The number of fused-ring (bicyclic) bond motifs is 5. The van der Waals surface area contributed by atoms with E-state index in [0.717, 1.165) is 18.3 Å². The average molecular weight is 381 g/mol. The minimum Gasteiger partial charge on any atom is -0.294 e. The first-order valence-electron chi connectivity index (χ1n) is 11.3. The fraction of sp³-hybridized carbons (Fsp3) is 0.654. The monoisotopic (exact) mass is 380 g/mol. The van der Waals surface area contributed by atoms with Crippen LogP contribution in [0.15, 0.2) is 35.4 Å². The van der Waals surface area contributed by atoms with Crippen LogP contribution in [0.25, 0.3) is 0 Å². The lowest BCUT2D eigenvalue weighted by molar-refractivity contribution is -0.0412. The van der Waals surface area contributed by atoms with Crippen LogP contribution in [0.2, 0.25) is 0 Å². The Hall–Kier alpha value is -1.44. The number of carbonyl (C=O) groups excluding carboxylic acids is 1. The van der Waals surface area contributed by atoms with Crippen molar-refractivity contribution in [1.29, 1.82) is 0 Å². The first-order valence-corrected chi connectivity index (χ1v) is 11.3. The van der Waals surface area contributed by atoms with E-state index in [1.165, 1.54) is 57.1 Å². The molecule has 1 aromatic carbocycles. The van der Waals surface area contributed by atoms with E-state index in [2.05, 4.69) is 20.8 Å². The highest BCUT2D eigenvalue weighted by molar-refractivity contribution is 5.98. The van der Waals surface area contributed by atoms with Gasteiger partial charge in [0, 0.05) is 11.5 Å². The van der Waals surface area contributed by atoms with Crippen LogP contribution in [-0.4, -0.2) is 5.78 Å². The fourth-order valence-electron chi connectivity index (χ4n) is 8.18. The van der Waals surface area contributed by atoms with E-state index in [9.17, 15) is 9.18 Å². The van der Waals surface area contributed by atoms with Crippen LogP contribution in [0.5, 0.6) is 0 Å². The minimum absolute atomic E-state index is 0.110. The molecule has 0 spiro atoms. The number of Topliss-reactive ketones (excluding diaryl/α,β-unsaturated/α-hetero) is 1. The van der Waals surface area contributed by atoms with Gasteiger partial charge in [0.15, 0.2) is 5.78 Å². The molecule has 3 saturated carbocycles. The lowest BCUT2D eigenvalue weighted by Crippen LogP contribution is -2.49. The summed E-state index contributed by atoms with van der Waals surface area (Å²) in [5.74, 6) is 2.37. The summed E-state index contributed by atoms with van der Waals surface area (Å²) in [6, 6.07) is 6.22. The summed E-state index contributed by atoms with van der Waals surface area (Å²) in [6.45, 7) is 7.32. The summed E-state index contributed by atoms with van der Waals surface area (Å²) < 4.78 is 13.3. The predicted molar refractivity (Wildman–Crippen MR) is 111 cm³/mol. The van der Waals surface area contributed by atoms with Gasteiger partial charge < -0.3 is 0 Å². The van der Waals surface area contributed by atoms with Crippen molar-refractivity contribution in [3.8, 4) is 0 Å². The number of benzene rings is 1. The van der Waals surface area contributed by atoms with Crippen molar-refractivity contribution in [2.45, 2.75) is 72.1 Å². The molecular formula is C26H33FO. The molecule has 0 aliphatic heterocycles. The van der Waals surface area contributed by atoms with Crippen molar-refractivity contribution in [2.75, 3.05) is 0 Å². The summed E-state index contributed by atoms with van der Waals surface area (Å²) in [5, 5.41) is 0. The van der Waals surface area contributed by atoms with Gasteiger partial charge >= 0.3 is 0 Å². The molecule has 5 rings (SSSR count). The summed E-state index contributed by atoms with van der Waals surface area (Å²) in [7, 11) is 0. The summed E-state index contributed by atoms with van der Waals surface area (Å²) in [6.07, 6.45) is 9.91. The zero-order valence-electron chi connectivity index (χ0n) is 17.6. The van der Waals surface area contributed by atoms with E-state index in [0.29, 0.717) is 16.9 Å². The number of carbonyl (C=O) groups is 1. The normalized spacial score (nSPS) is 42.1. The van der Waals surface area contributed by atoms with Crippen LogP contribution in [0.3, 0.4) is 0 Å². The first-order chi connectivity index (χ1) is 13.3. The fourth-order valence-corrected chi connectivity index (χ4v) is 8.18. The summed E-state index contributed by atoms with van der Waals surface area (Å²) in [4.78, 5) is 13.3. The van der Waals surface area contributed by atoms with E-state index < -0.39 is 0 Å². The Morgan fingerprint density at radius 2 is 1.71 bits per heavy atom. The van der Waals surface area contributed by atoms with Gasteiger partial charge in [0.05, 0.1) is 0 Å². The number of hydrogen-bond acceptors (Lipinski definition) is 1.